The number of hydrogen-bond acceptors (Lipinski definition) is 4. The van der Waals surface area contributed by atoms with E-state index in [1.165, 1.54) is 23.9 Å². The Morgan fingerprint density at radius 3 is 2.35 bits per heavy atom. The molecule has 0 bridgehead atoms. The Balaban J connectivity index is 2.34. The average molecular weight is 351 g/mol. The minimum atomic E-state index is -4.85. The maximum Gasteiger partial charge on any atom is 0.411 e. The van der Waals surface area contributed by atoms with Crippen LogP contribution in [0, 0.1) is 6.92 Å². The van der Waals surface area contributed by atoms with Gasteiger partial charge < -0.3 is 4.42 Å². The standard InChI is InChI=1S/C13H16F3N3O3S/c1-8(2)19-7-6-11(17-19)23(20,21)18-12(13(14,15)16)10-5-4-9(3)22-10/h4-8,12,18H,1-3H3. The van der Waals surface area contributed by atoms with Crippen molar-refractivity contribution in [2.45, 2.75) is 44.1 Å². The first-order valence-corrected chi connectivity index (χ1v) is 8.19. The summed E-state index contributed by atoms with van der Waals surface area (Å²) in [6.45, 7) is 5.00. The van der Waals surface area contributed by atoms with Gasteiger partial charge in [0.05, 0.1) is 0 Å². The molecule has 2 heterocycles. The van der Waals surface area contributed by atoms with Crippen LogP contribution in [0.2, 0.25) is 0 Å². The summed E-state index contributed by atoms with van der Waals surface area (Å²) in [6, 6.07) is 0.956. The minimum Gasteiger partial charge on any atom is -0.464 e. The Kier molecular flexibility index (Phi) is 4.58. The predicted octanol–water partition coefficient (Wildman–Crippen LogP) is 2.95. The van der Waals surface area contributed by atoms with Crippen LogP contribution in [0.5, 0.6) is 0 Å². The molecule has 1 N–H and O–H groups in total. The second kappa shape index (κ2) is 6.00. The number of alkyl halides is 3. The van der Waals surface area contributed by atoms with Crippen LogP contribution in [0.3, 0.4) is 0 Å². The fourth-order valence-electron chi connectivity index (χ4n) is 1.86. The zero-order valence-electron chi connectivity index (χ0n) is 12.6. The zero-order chi connectivity index (χ0) is 17.4. The van der Waals surface area contributed by atoms with Gasteiger partial charge in [0, 0.05) is 12.2 Å². The molecule has 2 aromatic heterocycles. The molecule has 0 radical (unpaired) electrons. The Bertz CT molecular complexity index is 778. The normalized spacial score (nSPS) is 14.4. The SMILES string of the molecule is Cc1ccc(C(NS(=O)(=O)c2ccn(C(C)C)n2)C(F)(F)F)o1. The molecule has 2 aromatic rings. The first kappa shape index (κ1) is 17.5. The predicted molar refractivity (Wildman–Crippen MR) is 75.2 cm³/mol. The van der Waals surface area contributed by atoms with Crippen LogP contribution in [0.4, 0.5) is 13.2 Å². The maximum absolute atomic E-state index is 13.2. The molecule has 6 nitrogen and oxygen atoms in total. The molecule has 0 saturated heterocycles. The van der Waals surface area contributed by atoms with Gasteiger partial charge in [0.2, 0.25) is 0 Å². The number of sulfonamides is 1. The number of nitrogens with zero attached hydrogens (tertiary/aromatic N) is 2. The molecule has 1 unspecified atom stereocenters. The number of nitrogens with one attached hydrogen (secondary N) is 1. The van der Waals surface area contributed by atoms with Crippen molar-refractivity contribution in [3.63, 3.8) is 0 Å². The summed E-state index contributed by atoms with van der Waals surface area (Å²) in [6.07, 6.45) is -3.46. The van der Waals surface area contributed by atoms with Crippen LogP contribution < -0.4 is 4.72 Å². The summed E-state index contributed by atoms with van der Waals surface area (Å²) in [5.74, 6) is -0.278. The van der Waals surface area contributed by atoms with Gasteiger partial charge in [-0.05, 0) is 39.0 Å². The van der Waals surface area contributed by atoms with Crippen molar-refractivity contribution in [1.29, 1.82) is 0 Å². The number of aryl methyl sites for hydroxylation is 1. The van der Waals surface area contributed by atoms with Crippen molar-refractivity contribution >= 4 is 10.0 Å². The smallest absolute Gasteiger partial charge is 0.411 e. The third-order valence-corrected chi connectivity index (χ3v) is 4.35. The molecule has 0 aromatic carbocycles. The molecular weight excluding hydrogens is 335 g/mol. The summed E-state index contributed by atoms with van der Waals surface area (Å²) in [7, 11) is -4.46. The molecule has 0 spiro atoms. The van der Waals surface area contributed by atoms with Crippen LogP contribution in [0.1, 0.15) is 37.5 Å². The van der Waals surface area contributed by atoms with Crippen LogP contribution >= 0.6 is 0 Å². The molecular formula is C13H16F3N3O3S. The van der Waals surface area contributed by atoms with Gasteiger partial charge in [-0.2, -0.15) is 23.0 Å². The molecule has 0 aliphatic carbocycles. The van der Waals surface area contributed by atoms with Gasteiger partial charge in [0.15, 0.2) is 11.1 Å². The molecule has 0 aliphatic rings. The summed E-state index contributed by atoms with van der Waals surface area (Å²) < 4.78 is 71.8. The lowest BCUT2D eigenvalue weighted by molar-refractivity contribution is -0.156. The van der Waals surface area contributed by atoms with E-state index in [1.54, 1.807) is 18.6 Å². The summed E-state index contributed by atoms with van der Waals surface area (Å²) in [5, 5.41) is 3.30. The van der Waals surface area contributed by atoms with E-state index in [1.807, 2.05) is 0 Å². The highest BCUT2D eigenvalue weighted by Crippen LogP contribution is 2.34. The Hall–Kier alpha value is -1.81. The molecule has 0 fully saturated rings. The number of furan rings is 1. The second-order valence-electron chi connectivity index (χ2n) is 5.27. The summed E-state index contributed by atoms with van der Waals surface area (Å²) in [4.78, 5) is 0. The van der Waals surface area contributed by atoms with E-state index in [2.05, 4.69) is 5.10 Å². The van der Waals surface area contributed by atoms with E-state index in [0.717, 1.165) is 12.1 Å². The van der Waals surface area contributed by atoms with Gasteiger partial charge in [-0.1, -0.05) is 0 Å². The van der Waals surface area contributed by atoms with Crippen molar-refractivity contribution in [3.8, 4) is 0 Å². The van der Waals surface area contributed by atoms with E-state index in [9.17, 15) is 21.6 Å². The Morgan fingerprint density at radius 1 is 1.26 bits per heavy atom. The lowest BCUT2D eigenvalue weighted by Crippen LogP contribution is -2.38. The highest BCUT2D eigenvalue weighted by Gasteiger charge is 2.45. The fraction of sp³-hybridized carbons (Fsp3) is 0.462. The number of halogens is 3. The van der Waals surface area contributed by atoms with Crippen molar-refractivity contribution < 1.29 is 26.0 Å². The fourth-order valence-corrected chi connectivity index (χ4v) is 2.98. The first-order chi connectivity index (χ1) is 10.5. The molecule has 2 rings (SSSR count). The number of rotatable bonds is 5. The molecule has 1 atom stereocenters. The van der Waals surface area contributed by atoms with E-state index in [-0.39, 0.29) is 11.8 Å². The van der Waals surface area contributed by atoms with E-state index >= 15 is 0 Å². The number of aromatic nitrogens is 2. The van der Waals surface area contributed by atoms with Gasteiger partial charge in [0.1, 0.15) is 11.5 Å². The molecule has 128 valence electrons. The topological polar surface area (TPSA) is 77.1 Å². The highest BCUT2D eigenvalue weighted by molar-refractivity contribution is 7.89. The van der Waals surface area contributed by atoms with E-state index in [4.69, 9.17) is 4.42 Å². The quantitative estimate of drug-likeness (QED) is 0.898. The average Bonchev–Trinajstić information content (AvgIpc) is 3.03. The second-order valence-corrected chi connectivity index (χ2v) is 6.93. The number of hydrogen-bond donors (Lipinski definition) is 1. The van der Waals surface area contributed by atoms with Crippen molar-refractivity contribution in [1.82, 2.24) is 14.5 Å². The molecule has 10 heteroatoms. The molecule has 23 heavy (non-hydrogen) atoms. The van der Waals surface area contributed by atoms with Gasteiger partial charge >= 0.3 is 6.18 Å². The van der Waals surface area contributed by atoms with Crippen molar-refractivity contribution in [2.24, 2.45) is 0 Å². The summed E-state index contributed by atoms with van der Waals surface area (Å²) in [5.41, 5.74) is 0. The highest BCUT2D eigenvalue weighted by atomic mass is 32.2. The van der Waals surface area contributed by atoms with E-state index in [0.29, 0.717) is 0 Å². The lowest BCUT2D eigenvalue weighted by Gasteiger charge is -2.19. The van der Waals surface area contributed by atoms with Gasteiger partial charge in [-0.25, -0.2) is 8.42 Å². The van der Waals surface area contributed by atoms with Crippen LogP contribution in [-0.2, 0) is 10.0 Å². The monoisotopic (exact) mass is 351 g/mol. The van der Waals surface area contributed by atoms with E-state index < -0.39 is 33.0 Å². The third-order valence-electron chi connectivity index (χ3n) is 3.03. The maximum atomic E-state index is 13.2. The van der Waals surface area contributed by atoms with Crippen LogP contribution in [0.25, 0.3) is 0 Å². The minimum absolute atomic E-state index is 0.120. The van der Waals surface area contributed by atoms with Crippen LogP contribution in [0.15, 0.2) is 33.8 Å². The lowest BCUT2D eigenvalue weighted by atomic mass is 10.2. The molecule has 0 saturated carbocycles. The molecule has 0 aliphatic heterocycles. The molecule has 0 amide bonds. The third kappa shape index (κ3) is 3.94. The largest absolute Gasteiger partial charge is 0.464 e. The summed E-state index contributed by atoms with van der Waals surface area (Å²) >= 11 is 0. The van der Waals surface area contributed by atoms with Crippen molar-refractivity contribution in [3.05, 3.63) is 35.9 Å². The van der Waals surface area contributed by atoms with Gasteiger partial charge in [0.25, 0.3) is 10.0 Å². The Labute approximate surface area is 131 Å². The van der Waals surface area contributed by atoms with Gasteiger partial charge in [-0.15, -0.1) is 0 Å². The van der Waals surface area contributed by atoms with Gasteiger partial charge in [-0.3, -0.25) is 4.68 Å². The van der Waals surface area contributed by atoms with Crippen LogP contribution in [-0.4, -0.2) is 24.4 Å². The Morgan fingerprint density at radius 2 is 1.91 bits per heavy atom. The first-order valence-electron chi connectivity index (χ1n) is 6.71. The van der Waals surface area contributed by atoms with Crippen molar-refractivity contribution in [2.75, 3.05) is 0 Å². The zero-order valence-corrected chi connectivity index (χ0v) is 13.4.